The second-order valence-corrected chi connectivity index (χ2v) is 3.38. The lowest BCUT2D eigenvalue weighted by Gasteiger charge is -2.09. The van der Waals surface area contributed by atoms with E-state index in [1.807, 2.05) is 0 Å². The van der Waals surface area contributed by atoms with Crippen LogP contribution < -0.4 is 5.73 Å². The van der Waals surface area contributed by atoms with Crippen LogP contribution >= 0.6 is 0 Å². The number of hydrogen-bond acceptors (Lipinski definition) is 3. The largest absolute Gasteiger partial charge is 0.490 e. The van der Waals surface area contributed by atoms with Crippen LogP contribution in [0.1, 0.15) is 20.3 Å². The van der Waals surface area contributed by atoms with Crippen LogP contribution in [0, 0.1) is 5.92 Å². The molecule has 0 aromatic rings. The van der Waals surface area contributed by atoms with Crippen molar-refractivity contribution in [1.29, 1.82) is 0 Å². The van der Waals surface area contributed by atoms with Crippen LogP contribution in [0.4, 0.5) is 13.2 Å². The van der Waals surface area contributed by atoms with Gasteiger partial charge >= 0.3 is 12.1 Å². The molecule has 0 amide bonds. The van der Waals surface area contributed by atoms with Crippen molar-refractivity contribution in [3.8, 4) is 0 Å². The fraction of sp³-hybridized carbons (Fsp3) is 0.875. The molecule has 4 nitrogen and oxygen atoms in total. The van der Waals surface area contributed by atoms with Gasteiger partial charge in [-0.15, -0.1) is 0 Å². The first-order valence-corrected chi connectivity index (χ1v) is 4.27. The fourth-order valence-electron chi connectivity index (χ4n) is 0.680. The first kappa shape index (κ1) is 16.6. The first-order chi connectivity index (χ1) is 6.61. The van der Waals surface area contributed by atoms with Crippen molar-refractivity contribution in [2.45, 2.75) is 32.5 Å². The second kappa shape index (κ2) is 7.47. The van der Waals surface area contributed by atoms with E-state index in [4.69, 9.17) is 20.7 Å². The molecule has 92 valence electrons. The lowest BCUT2D eigenvalue weighted by molar-refractivity contribution is -0.192. The number of halogens is 3. The summed E-state index contributed by atoms with van der Waals surface area (Å²) in [4.78, 5) is 8.90. The minimum Gasteiger partial charge on any atom is -0.475 e. The van der Waals surface area contributed by atoms with Crippen molar-refractivity contribution in [3.05, 3.63) is 0 Å². The minimum atomic E-state index is -5.08. The summed E-state index contributed by atoms with van der Waals surface area (Å²) < 4.78 is 31.7. The Balaban J connectivity index is 0. The van der Waals surface area contributed by atoms with Gasteiger partial charge in [-0.05, 0) is 12.3 Å². The SMILES string of the molecule is C[14CH](C)C[C@@H](N)CO.O=C(O)C(F)(F)F. The van der Waals surface area contributed by atoms with E-state index in [0.29, 0.717) is 5.92 Å². The normalized spacial score (nSPS) is 13.1. The lowest BCUT2D eigenvalue weighted by Crippen LogP contribution is -2.25. The molecule has 0 aromatic carbocycles. The van der Waals surface area contributed by atoms with Gasteiger partial charge in [0.25, 0.3) is 0 Å². The molecule has 0 bridgehead atoms. The topological polar surface area (TPSA) is 83.5 Å². The molecule has 0 aliphatic rings. The number of nitrogens with two attached hydrogens (primary N) is 1. The molecule has 0 aliphatic heterocycles. The zero-order valence-corrected chi connectivity index (χ0v) is 8.58. The van der Waals surface area contributed by atoms with Crippen molar-refractivity contribution in [3.63, 3.8) is 0 Å². The van der Waals surface area contributed by atoms with E-state index in [2.05, 4.69) is 13.8 Å². The third-order valence-corrected chi connectivity index (χ3v) is 1.25. The molecule has 0 radical (unpaired) electrons. The number of aliphatic carboxylic acids is 1. The van der Waals surface area contributed by atoms with E-state index < -0.39 is 12.1 Å². The van der Waals surface area contributed by atoms with Gasteiger partial charge < -0.3 is 15.9 Å². The highest BCUT2D eigenvalue weighted by Gasteiger charge is 2.38. The molecule has 0 heterocycles. The third-order valence-electron chi connectivity index (χ3n) is 1.25. The van der Waals surface area contributed by atoms with E-state index in [-0.39, 0.29) is 12.6 Å². The summed E-state index contributed by atoms with van der Waals surface area (Å²) in [5.41, 5.74) is 5.42. The third kappa shape index (κ3) is 13.2. The highest BCUT2D eigenvalue weighted by atomic mass is 19.4. The quantitative estimate of drug-likeness (QED) is 0.678. The van der Waals surface area contributed by atoms with Gasteiger partial charge in [0.15, 0.2) is 0 Å². The summed E-state index contributed by atoms with van der Waals surface area (Å²) in [5, 5.41) is 15.6. The van der Waals surface area contributed by atoms with Gasteiger partial charge in [-0.25, -0.2) is 4.79 Å². The lowest BCUT2D eigenvalue weighted by atomic mass is 10.3. The van der Waals surface area contributed by atoms with Crippen molar-refractivity contribution in [1.82, 2.24) is 0 Å². The Labute approximate surface area is 85.9 Å². The Hall–Kier alpha value is -0.820. The van der Waals surface area contributed by atoms with Crippen molar-refractivity contribution < 1.29 is 28.2 Å². The number of rotatable bonds is 3. The van der Waals surface area contributed by atoms with Gasteiger partial charge in [-0.1, -0.05) is 13.8 Å². The van der Waals surface area contributed by atoms with E-state index >= 15 is 0 Å². The zero-order chi connectivity index (χ0) is 12.6. The number of aliphatic hydroxyl groups is 1. The summed E-state index contributed by atoms with van der Waals surface area (Å²) in [7, 11) is 0. The Bertz CT molecular complexity index is 182. The molecule has 0 fully saturated rings. The standard InChI is InChI=1S/C6H15NO.C2HF3O2/c1-5(2)3-6(7)4-8;3-2(4,5)1(6)7/h5-6,8H,3-4,7H2,1-2H3;(H,6,7)/t6-;/m1./s1/i5+2;. The molecule has 1 atom stereocenters. The highest BCUT2D eigenvalue weighted by molar-refractivity contribution is 5.73. The Morgan fingerprint density at radius 3 is 1.87 bits per heavy atom. The average molecular weight is 233 g/mol. The molecule has 4 N–H and O–H groups in total. The van der Waals surface area contributed by atoms with Crippen molar-refractivity contribution in [2.24, 2.45) is 11.7 Å². The number of alkyl halides is 3. The van der Waals surface area contributed by atoms with Gasteiger partial charge in [0.2, 0.25) is 0 Å². The van der Waals surface area contributed by atoms with Crippen LogP contribution in [0.25, 0.3) is 0 Å². The van der Waals surface area contributed by atoms with E-state index in [1.165, 1.54) is 0 Å². The van der Waals surface area contributed by atoms with Crippen LogP contribution in [0.5, 0.6) is 0 Å². The molecular weight excluding hydrogens is 217 g/mol. The molecule has 0 saturated carbocycles. The molecule has 0 spiro atoms. The van der Waals surface area contributed by atoms with Gasteiger partial charge in [-0.2, -0.15) is 13.2 Å². The van der Waals surface area contributed by atoms with Crippen LogP contribution in [-0.2, 0) is 4.79 Å². The number of hydrogen-bond donors (Lipinski definition) is 3. The van der Waals surface area contributed by atoms with Crippen molar-refractivity contribution in [2.75, 3.05) is 6.61 Å². The molecule has 7 heteroatoms. The second-order valence-electron chi connectivity index (χ2n) is 3.38. The first-order valence-electron chi connectivity index (χ1n) is 4.27. The summed E-state index contributed by atoms with van der Waals surface area (Å²) in [6.07, 6.45) is -4.17. The molecule has 15 heavy (non-hydrogen) atoms. The smallest absolute Gasteiger partial charge is 0.475 e. The van der Waals surface area contributed by atoms with Gasteiger partial charge in [0, 0.05) is 6.04 Å². The van der Waals surface area contributed by atoms with E-state index in [9.17, 15) is 13.2 Å². The predicted molar refractivity (Wildman–Crippen MR) is 48.2 cm³/mol. The van der Waals surface area contributed by atoms with Crippen molar-refractivity contribution >= 4 is 5.97 Å². The Kier molecular flexibility index (Phi) is 8.27. The van der Waals surface area contributed by atoms with Gasteiger partial charge in [-0.3, -0.25) is 0 Å². The van der Waals surface area contributed by atoms with Gasteiger partial charge in [0.1, 0.15) is 0 Å². The number of carboxylic acids is 1. The maximum absolute atomic E-state index is 10.6. The average Bonchev–Trinajstić information content (AvgIpc) is 2.02. The maximum atomic E-state index is 10.6. The van der Waals surface area contributed by atoms with E-state index in [1.54, 1.807) is 0 Å². The molecule has 0 aliphatic carbocycles. The fourth-order valence-corrected chi connectivity index (χ4v) is 0.680. The summed E-state index contributed by atoms with van der Waals surface area (Å²) >= 11 is 0. The Morgan fingerprint density at radius 1 is 1.47 bits per heavy atom. The molecule has 0 saturated heterocycles. The number of carbonyl (C=O) groups is 1. The molecule has 0 rings (SSSR count). The molecule has 0 unspecified atom stereocenters. The molecular formula is C8H16F3NO3. The van der Waals surface area contributed by atoms with E-state index in [0.717, 1.165) is 6.42 Å². The molecule has 0 aromatic heterocycles. The number of carboxylic acid groups (broad SMARTS) is 1. The van der Waals surface area contributed by atoms with Crippen LogP contribution in [0.3, 0.4) is 0 Å². The van der Waals surface area contributed by atoms with Gasteiger partial charge in [0.05, 0.1) is 6.61 Å². The summed E-state index contributed by atoms with van der Waals surface area (Å²) in [5.74, 6) is -2.16. The predicted octanol–water partition coefficient (Wildman–Crippen LogP) is 0.985. The Morgan fingerprint density at radius 2 is 1.80 bits per heavy atom. The number of aliphatic hydroxyl groups excluding tert-OH is 1. The van der Waals surface area contributed by atoms with Crippen LogP contribution in [0.2, 0.25) is 0 Å². The monoisotopic (exact) mass is 233 g/mol. The highest BCUT2D eigenvalue weighted by Crippen LogP contribution is 2.13. The summed E-state index contributed by atoms with van der Waals surface area (Å²) in [6.45, 7) is 4.29. The maximum Gasteiger partial charge on any atom is 0.490 e. The summed E-state index contributed by atoms with van der Waals surface area (Å²) in [6, 6.07) is -0.0185. The zero-order valence-electron chi connectivity index (χ0n) is 8.58. The minimum absolute atomic E-state index is 0.0185. The van der Waals surface area contributed by atoms with Crippen LogP contribution in [-0.4, -0.2) is 35.0 Å². The van der Waals surface area contributed by atoms with Crippen LogP contribution in [0.15, 0.2) is 0 Å².